The molecule has 0 fully saturated rings. The summed E-state index contributed by atoms with van der Waals surface area (Å²) in [5.74, 6) is -0.399. The first kappa shape index (κ1) is 15.7. The van der Waals surface area contributed by atoms with Gasteiger partial charge in [0.05, 0.1) is 16.3 Å². The van der Waals surface area contributed by atoms with E-state index in [0.29, 0.717) is 15.6 Å². The van der Waals surface area contributed by atoms with E-state index in [4.69, 9.17) is 28.0 Å². The molecule has 0 N–H and O–H groups in total. The average Bonchev–Trinajstić information content (AvgIpc) is 2.41. The lowest BCUT2D eigenvalue weighted by Crippen LogP contribution is -2.06. The van der Waals surface area contributed by atoms with Crippen molar-refractivity contribution in [1.82, 2.24) is 0 Å². The molecule has 0 saturated heterocycles. The molecule has 2 rings (SSSR count). The molecule has 2 aromatic carbocycles. The highest BCUT2D eigenvalue weighted by atomic mass is 35.5. The van der Waals surface area contributed by atoms with E-state index in [-0.39, 0.29) is 0 Å². The third-order valence-electron chi connectivity index (χ3n) is 2.53. The Hall–Kier alpha value is -1.72. The molecule has 0 aliphatic heterocycles. The molecule has 2 nitrogen and oxygen atoms in total. The minimum Gasteiger partial charge on any atom is -0.356 e. The van der Waals surface area contributed by atoms with Crippen molar-refractivity contribution in [3.05, 3.63) is 63.6 Å². The first-order valence-corrected chi connectivity index (χ1v) is 6.46. The number of halogens is 5. The topological polar surface area (TPSA) is 21.6 Å². The predicted octanol–water partition coefficient (Wildman–Crippen LogP) is 5.43. The van der Waals surface area contributed by atoms with Crippen LogP contribution in [0.4, 0.5) is 13.2 Å². The van der Waals surface area contributed by atoms with Crippen LogP contribution in [0.25, 0.3) is 0 Å². The Balaban J connectivity index is 2.23. The molecule has 2 aromatic rings. The predicted molar refractivity (Wildman–Crippen MR) is 76.1 cm³/mol. The number of alkyl halides is 3. The number of nitrogens with zero attached hydrogens (tertiary/aromatic N) is 1. The summed E-state index contributed by atoms with van der Waals surface area (Å²) in [5, 5.41) is 4.15. The second-order valence-corrected chi connectivity index (χ2v) is 4.77. The van der Waals surface area contributed by atoms with Gasteiger partial charge in [-0.3, -0.25) is 0 Å². The average molecular weight is 334 g/mol. The third kappa shape index (κ3) is 3.89. The smallest absolute Gasteiger partial charge is 0.356 e. The number of hydrogen-bond acceptors (Lipinski definition) is 2. The molecule has 0 aliphatic rings. The number of benzene rings is 2. The van der Waals surface area contributed by atoms with Crippen LogP contribution in [0.15, 0.2) is 47.6 Å². The monoisotopic (exact) mass is 333 g/mol. The second kappa shape index (κ2) is 6.37. The lowest BCUT2D eigenvalue weighted by atomic mass is 10.2. The first-order valence-electron chi connectivity index (χ1n) is 5.70. The fraction of sp³-hybridized carbons (Fsp3) is 0.0714. The van der Waals surface area contributed by atoms with Crippen LogP contribution >= 0.6 is 23.2 Å². The third-order valence-corrected chi connectivity index (χ3v) is 3.18. The quantitative estimate of drug-likeness (QED) is 0.542. The Labute approximate surface area is 128 Å². The molecule has 0 unspecified atom stereocenters. The van der Waals surface area contributed by atoms with Crippen molar-refractivity contribution in [3.63, 3.8) is 0 Å². The molecule has 110 valence electrons. The van der Waals surface area contributed by atoms with Gasteiger partial charge in [-0.05, 0) is 24.3 Å². The highest BCUT2D eigenvalue weighted by Crippen LogP contribution is 2.36. The molecule has 0 bridgehead atoms. The molecule has 0 radical (unpaired) electrons. The summed E-state index contributed by atoms with van der Waals surface area (Å²) in [5.41, 5.74) is -0.544. The Bertz CT molecular complexity index is 651. The molecule has 0 saturated carbocycles. The molecule has 0 heterocycles. The van der Waals surface area contributed by atoms with Gasteiger partial charge in [0, 0.05) is 5.56 Å². The van der Waals surface area contributed by atoms with E-state index in [9.17, 15) is 13.2 Å². The van der Waals surface area contributed by atoms with E-state index < -0.39 is 17.5 Å². The van der Waals surface area contributed by atoms with E-state index in [0.717, 1.165) is 12.3 Å². The van der Waals surface area contributed by atoms with Gasteiger partial charge in [-0.1, -0.05) is 46.6 Å². The number of rotatable bonds is 3. The SMILES string of the molecule is FC(F)(F)c1ccccc1O/N=C/c1c(Cl)cccc1Cl. The van der Waals surface area contributed by atoms with Crippen LogP contribution in [0.5, 0.6) is 5.75 Å². The first-order chi connectivity index (χ1) is 9.89. The van der Waals surface area contributed by atoms with Crippen molar-refractivity contribution < 1.29 is 18.0 Å². The molecule has 21 heavy (non-hydrogen) atoms. The Morgan fingerprint density at radius 2 is 1.57 bits per heavy atom. The van der Waals surface area contributed by atoms with Gasteiger partial charge in [0.15, 0.2) is 5.75 Å². The Morgan fingerprint density at radius 1 is 0.952 bits per heavy atom. The fourth-order valence-electron chi connectivity index (χ4n) is 1.55. The second-order valence-electron chi connectivity index (χ2n) is 3.96. The van der Waals surface area contributed by atoms with E-state index in [2.05, 4.69) is 5.16 Å². The van der Waals surface area contributed by atoms with E-state index in [1.807, 2.05) is 0 Å². The normalized spacial score (nSPS) is 11.9. The zero-order valence-corrected chi connectivity index (χ0v) is 11.9. The molecule has 0 amide bonds. The van der Waals surface area contributed by atoms with Gasteiger partial charge in [0.2, 0.25) is 0 Å². The molecule has 7 heteroatoms. The summed E-state index contributed by atoms with van der Waals surface area (Å²) < 4.78 is 38.3. The zero-order valence-electron chi connectivity index (χ0n) is 10.4. The summed E-state index contributed by atoms with van der Waals surface area (Å²) in [4.78, 5) is 4.81. The maximum atomic E-state index is 12.8. The van der Waals surface area contributed by atoms with Gasteiger partial charge in [-0.25, -0.2) is 0 Å². The van der Waals surface area contributed by atoms with Gasteiger partial charge in [-0.15, -0.1) is 0 Å². The lowest BCUT2D eigenvalue weighted by molar-refractivity contribution is -0.138. The Kier molecular flexibility index (Phi) is 4.75. The van der Waals surface area contributed by atoms with Crippen molar-refractivity contribution in [1.29, 1.82) is 0 Å². The van der Waals surface area contributed by atoms with E-state index in [1.54, 1.807) is 18.2 Å². The van der Waals surface area contributed by atoms with Gasteiger partial charge in [-0.2, -0.15) is 13.2 Å². The lowest BCUT2D eigenvalue weighted by Gasteiger charge is -2.10. The van der Waals surface area contributed by atoms with Crippen LogP contribution in [0.3, 0.4) is 0 Å². The van der Waals surface area contributed by atoms with Gasteiger partial charge < -0.3 is 4.84 Å². The van der Waals surface area contributed by atoms with Crippen molar-refractivity contribution >= 4 is 29.4 Å². The van der Waals surface area contributed by atoms with Crippen LogP contribution in [0, 0.1) is 0 Å². The number of para-hydroxylation sites is 1. The van der Waals surface area contributed by atoms with Gasteiger partial charge in [0.1, 0.15) is 5.56 Å². The fourth-order valence-corrected chi connectivity index (χ4v) is 2.05. The molecule has 0 spiro atoms. The minimum atomic E-state index is -4.52. The van der Waals surface area contributed by atoms with E-state index >= 15 is 0 Å². The largest absolute Gasteiger partial charge is 0.420 e. The van der Waals surface area contributed by atoms with Crippen LogP contribution in [-0.2, 0) is 6.18 Å². The molecule has 0 aromatic heterocycles. The van der Waals surface area contributed by atoms with E-state index in [1.165, 1.54) is 18.2 Å². The van der Waals surface area contributed by atoms with Crippen LogP contribution < -0.4 is 4.84 Å². The summed E-state index contributed by atoms with van der Waals surface area (Å²) in [6.07, 6.45) is -3.36. The highest BCUT2D eigenvalue weighted by Gasteiger charge is 2.34. The van der Waals surface area contributed by atoms with Gasteiger partial charge in [0.25, 0.3) is 0 Å². The van der Waals surface area contributed by atoms with Crippen LogP contribution in [0.2, 0.25) is 10.0 Å². The molecular formula is C14H8Cl2F3NO. The van der Waals surface area contributed by atoms with Crippen molar-refractivity contribution in [2.24, 2.45) is 5.16 Å². The summed E-state index contributed by atoms with van der Waals surface area (Å²) in [6.45, 7) is 0. The summed E-state index contributed by atoms with van der Waals surface area (Å²) >= 11 is 11.8. The molecular weight excluding hydrogens is 326 g/mol. The van der Waals surface area contributed by atoms with Crippen molar-refractivity contribution in [2.75, 3.05) is 0 Å². The maximum Gasteiger partial charge on any atom is 0.420 e. The summed E-state index contributed by atoms with van der Waals surface area (Å²) in [7, 11) is 0. The van der Waals surface area contributed by atoms with Gasteiger partial charge >= 0.3 is 6.18 Å². The number of oxime groups is 1. The van der Waals surface area contributed by atoms with Crippen LogP contribution in [-0.4, -0.2) is 6.21 Å². The molecule has 0 atom stereocenters. The van der Waals surface area contributed by atoms with Crippen LogP contribution in [0.1, 0.15) is 11.1 Å². The molecule has 0 aliphatic carbocycles. The highest BCUT2D eigenvalue weighted by molar-refractivity contribution is 6.38. The van der Waals surface area contributed by atoms with Crippen molar-refractivity contribution in [2.45, 2.75) is 6.18 Å². The standard InChI is InChI=1S/C14H8Cl2F3NO/c15-11-5-3-6-12(16)9(11)8-20-21-13-7-2-1-4-10(13)14(17,18)19/h1-8H/b20-8+. The number of hydrogen-bond donors (Lipinski definition) is 0. The Morgan fingerprint density at radius 3 is 2.19 bits per heavy atom. The minimum absolute atomic E-state index is 0.318. The zero-order chi connectivity index (χ0) is 15.5. The van der Waals surface area contributed by atoms with Crippen molar-refractivity contribution in [3.8, 4) is 5.75 Å². The maximum absolute atomic E-state index is 12.8. The summed E-state index contributed by atoms with van der Waals surface area (Å²) in [6, 6.07) is 9.58.